The molecular formula is C10H10ClNO2S. The topological polar surface area (TPSA) is 37.4 Å². The van der Waals surface area contributed by atoms with Gasteiger partial charge in [0.2, 0.25) is 11.8 Å². The smallest absolute Gasteiger partial charge is 0.239 e. The van der Waals surface area contributed by atoms with E-state index in [0.717, 1.165) is 11.8 Å². The minimum absolute atomic E-state index is 0.0343. The van der Waals surface area contributed by atoms with Gasteiger partial charge in [0.25, 0.3) is 0 Å². The van der Waals surface area contributed by atoms with Crippen LogP contribution in [0.2, 0.25) is 0 Å². The molecule has 3 nitrogen and oxygen atoms in total. The zero-order valence-corrected chi connectivity index (χ0v) is 9.50. The lowest BCUT2D eigenvalue weighted by Gasteiger charge is -2.19. The highest BCUT2D eigenvalue weighted by molar-refractivity contribution is 7.98. The molecule has 1 heterocycles. The van der Waals surface area contributed by atoms with Gasteiger partial charge in [0.15, 0.2) is 0 Å². The highest BCUT2D eigenvalue weighted by Gasteiger charge is 2.84. The quantitative estimate of drug-likeness (QED) is 0.416. The van der Waals surface area contributed by atoms with Gasteiger partial charge in [0, 0.05) is 18.1 Å². The van der Waals surface area contributed by atoms with Crippen LogP contribution in [0.5, 0.6) is 0 Å². The van der Waals surface area contributed by atoms with Gasteiger partial charge in [0.1, 0.15) is 0 Å². The third kappa shape index (κ3) is 0.954. The zero-order valence-electron chi connectivity index (χ0n) is 7.93. The van der Waals surface area contributed by atoms with Crippen molar-refractivity contribution in [1.29, 1.82) is 0 Å². The number of hydrogen-bond donors (Lipinski definition) is 0. The summed E-state index contributed by atoms with van der Waals surface area (Å²) < 4.78 is 1.36. The first-order chi connectivity index (χ1) is 7.20. The Bertz CT molecular complexity index is 362. The fraction of sp³-hybridized carbons (Fsp3) is 0.800. The third-order valence-electron chi connectivity index (χ3n) is 4.23. The molecule has 0 aromatic heterocycles. The fourth-order valence-corrected chi connectivity index (χ4v) is 5.46. The predicted octanol–water partition coefficient (Wildman–Crippen LogP) is 1.27. The molecule has 0 radical (unpaired) electrons. The van der Waals surface area contributed by atoms with Gasteiger partial charge >= 0.3 is 0 Å². The standard InChI is InChI=1S/C10H10ClNO2S/c11-9-7-5-6(7)8(5)10(9)15-12-3(13)1-2-4(12)14/h5-10H,1-2H2/t5-,6?,7?,8?,9?,10?/m0/s1. The Kier molecular flexibility index (Phi) is 1.50. The number of halogens is 1. The zero-order chi connectivity index (χ0) is 10.3. The molecule has 5 rings (SSSR count). The molecule has 4 saturated carbocycles. The van der Waals surface area contributed by atoms with Crippen LogP contribution in [-0.4, -0.2) is 26.7 Å². The molecule has 1 aliphatic heterocycles. The lowest BCUT2D eigenvalue weighted by Crippen LogP contribution is -2.27. The Morgan fingerprint density at radius 1 is 1.07 bits per heavy atom. The van der Waals surface area contributed by atoms with Crippen LogP contribution in [0.15, 0.2) is 0 Å². The van der Waals surface area contributed by atoms with Crippen LogP contribution in [0.1, 0.15) is 12.8 Å². The normalized spacial score (nSPS) is 54.9. The summed E-state index contributed by atoms with van der Waals surface area (Å²) in [6.07, 6.45) is 0.763. The van der Waals surface area contributed by atoms with E-state index in [2.05, 4.69) is 0 Å². The first-order valence-corrected chi connectivity index (χ1v) is 6.64. The average Bonchev–Trinajstić information content (AvgIpc) is 3.01. The van der Waals surface area contributed by atoms with Gasteiger partial charge in [-0.1, -0.05) is 0 Å². The van der Waals surface area contributed by atoms with Crippen molar-refractivity contribution in [2.45, 2.75) is 23.5 Å². The summed E-state index contributed by atoms with van der Waals surface area (Å²) in [5, 5.41) is 0.508. The third-order valence-corrected chi connectivity index (χ3v) is 6.42. The Morgan fingerprint density at radius 3 is 2.13 bits per heavy atom. The molecule has 0 aromatic carbocycles. The predicted molar refractivity (Wildman–Crippen MR) is 56.1 cm³/mol. The molecule has 6 atom stereocenters. The van der Waals surface area contributed by atoms with Crippen LogP contribution in [0.4, 0.5) is 0 Å². The van der Waals surface area contributed by atoms with Crippen LogP contribution in [0, 0.1) is 23.7 Å². The molecule has 5 heteroatoms. The first-order valence-electron chi connectivity index (χ1n) is 5.37. The highest BCUT2D eigenvalue weighted by atomic mass is 35.5. The van der Waals surface area contributed by atoms with Crippen LogP contribution in [-0.2, 0) is 9.59 Å². The largest absolute Gasteiger partial charge is 0.273 e. The molecule has 0 spiro atoms. The highest BCUT2D eigenvalue weighted by Crippen LogP contribution is 2.84. The molecule has 4 aliphatic carbocycles. The maximum absolute atomic E-state index is 11.4. The number of alkyl halides is 1. The van der Waals surface area contributed by atoms with E-state index >= 15 is 0 Å². The van der Waals surface area contributed by atoms with Crippen molar-refractivity contribution in [3.63, 3.8) is 0 Å². The Hall–Kier alpha value is -0.220. The van der Waals surface area contributed by atoms with Gasteiger partial charge in [-0.2, -0.15) is 0 Å². The summed E-state index contributed by atoms with van der Waals surface area (Å²) in [6.45, 7) is 0. The first kappa shape index (κ1) is 8.88. The van der Waals surface area contributed by atoms with Crippen molar-refractivity contribution in [1.82, 2.24) is 4.31 Å². The molecule has 5 unspecified atom stereocenters. The van der Waals surface area contributed by atoms with Crippen LogP contribution in [0.25, 0.3) is 0 Å². The lowest BCUT2D eigenvalue weighted by atomic mass is 10.2. The van der Waals surface area contributed by atoms with Crippen molar-refractivity contribution < 1.29 is 9.59 Å². The number of fused-ring (bicyclic) bond motifs is 1. The Balaban J connectivity index is 1.51. The number of rotatable bonds is 2. The van der Waals surface area contributed by atoms with E-state index in [1.165, 1.54) is 16.3 Å². The molecule has 2 amide bonds. The molecule has 0 N–H and O–H groups in total. The maximum Gasteiger partial charge on any atom is 0.239 e. The van der Waals surface area contributed by atoms with E-state index in [4.69, 9.17) is 11.6 Å². The van der Waals surface area contributed by atoms with E-state index in [1.54, 1.807) is 0 Å². The summed E-state index contributed by atoms with van der Waals surface area (Å²) in [6, 6.07) is 0. The molecule has 80 valence electrons. The van der Waals surface area contributed by atoms with Gasteiger partial charge in [-0.3, -0.25) is 9.59 Å². The van der Waals surface area contributed by atoms with E-state index < -0.39 is 0 Å². The van der Waals surface area contributed by atoms with E-state index in [0.29, 0.717) is 29.9 Å². The van der Waals surface area contributed by atoms with Crippen molar-refractivity contribution in [3.8, 4) is 0 Å². The number of carbonyl (C=O) groups is 2. The SMILES string of the molecule is O=C1CCC(=O)N1SC1C(Cl)C2C3C1[C@H]23. The maximum atomic E-state index is 11.4. The number of imide groups is 1. The second kappa shape index (κ2) is 2.54. The monoisotopic (exact) mass is 243 g/mol. The van der Waals surface area contributed by atoms with Crippen LogP contribution >= 0.6 is 23.5 Å². The number of hydrogen-bond acceptors (Lipinski definition) is 3. The number of carbonyl (C=O) groups excluding carboxylic acids is 2. The summed E-state index contributed by atoms with van der Waals surface area (Å²) in [4.78, 5) is 22.9. The Morgan fingerprint density at radius 2 is 1.67 bits per heavy atom. The molecule has 1 saturated heterocycles. The van der Waals surface area contributed by atoms with Crippen molar-refractivity contribution >= 4 is 35.4 Å². The minimum Gasteiger partial charge on any atom is -0.273 e. The molecule has 15 heavy (non-hydrogen) atoms. The van der Waals surface area contributed by atoms with Gasteiger partial charge in [0.05, 0.1) is 5.38 Å². The minimum atomic E-state index is -0.0343. The van der Waals surface area contributed by atoms with Gasteiger partial charge in [-0.25, -0.2) is 4.31 Å². The van der Waals surface area contributed by atoms with E-state index in [9.17, 15) is 9.59 Å². The van der Waals surface area contributed by atoms with E-state index in [1.807, 2.05) is 0 Å². The molecular weight excluding hydrogens is 234 g/mol. The van der Waals surface area contributed by atoms with Gasteiger partial charge in [-0.05, 0) is 35.6 Å². The summed E-state index contributed by atoms with van der Waals surface area (Å²) in [7, 11) is 0. The van der Waals surface area contributed by atoms with Gasteiger partial charge in [-0.15, -0.1) is 11.6 Å². The van der Waals surface area contributed by atoms with Crippen molar-refractivity contribution in [2.24, 2.45) is 23.7 Å². The van der Waals surface area contributed by atoms with Gasteiger partial charge < -0.3 is 0 Å². The summed E-state index contributed by atoms with van der Waals surface area (Å²) in [5.74, 6) is 3.04. The number of nitrogens with zero attached hydrogens (tertiary/aromatic N) is 1. The second-order valence-electron chi connectivity index (χ2n) is 4.91. The summed E-state index contributed by atoms with van der Waals surface area (Å²) >= 11 is 7.71. The van der Waals surface area contributed by atoms with Crippen LogP contribution < -0.4 is 0 Å². The average molecular weight is 244 g/mol. The number of amides is 2. The van der Waals surface area contributed by atoms with Crippen molar-refractivity contribution in [2.75, 3.05) is 0 Å². The van der Waals surface area contributed by atoms with Crippen LogP contribution in [0.3, 0.4) is 0 Å². The Labute approximate surface area is 96.6 Å². The molecule has 5 aliphatic rings. The second-order valence-corrected chi connectivity index (χ2v) is 6.53. The van der Waals surface area contributed by atoms with E-state index in [-0.39, 0.29) is 17.2 Å². The molecule has 2 bridgehead atoms. The lowest BCUT2D eigenvalue weighted by molar-refractivity contribution is -0.131. The molecule has 5 fully saturated rings. The molecule has 0 aromatic rings. The summed E-state index contributed by atoms with van der Waals surface area (Å²) in [5.41, 5.74) is 0. The van der Waals surface area contributed by atoms with Crippen molar-refractivity contribution in [3.05, 3.63) is 0 Å². The fourth-order valence-electron chi connectivity index (χ4n) is 3.36.